The van der Waals surface area contributed by atoms with Gasteiger partial charge >= 0.3 is 0 Å². The van der Waals surface area contributed by atoms with Crippen LogP contribution in [0, 0.1) is 6.92 Å². The summed E-state index contributed by atoms with van der Waals surface area (Å²) in [5.74, 6) is 0.129. The predicted octanol–water partition coefficient (Wildman–Crippen LogP) is 5.95. The van der Waals surface area contributed by atoms with E-state index in [2.05, 4.69) is 16.0 Å². The van der Waals surface area contributed by atoms with Gasteiger partial charge in [-0.05, 0) is 78.8 Å². The fraction of sp³-hybridized carbons (Fsp3) is 0.0690. The molecule has 0 heterocycles. The standard InChI is InChI=1S/C29H25N3O3S/c1-20-8-5-6-13-26(20)28(34)30-23-11-7-12-24(18-23)31-29(36)32-27(33)22-14-16-25(17-15-22)35-19-21-9-3-2-4-10-21/h2-18H,19H2,1H3,(H,30,34)(H2,31,32,33,36). The van der Waals surface area contributed by atoms with Crippen LogP contribution in [-0.2, 0) is 6.61 Å². The fourth-order valence-corrected chi connectivity index (χ4v) is 3.69. The third-order valence-electron chi connectivity index (χ3n) is 5.36. The highest BCUT2D eigenvalue weighted by Crippen LogP contribution is 2.18. The molecule has 0 atom stereocenters. The summed E-state index contributed by atoms with van der Waals surface area (Å²) in [6, 6.07) is 31.2. The molecule has 0 spiro atoms. The Bertz CT molecular complexity index is 1370. The summed E-state index contributed by atoms with van der Waals surface area (Å²) in [7, 11) is 0. The lowest BCUT2D eigenvalue weighted by molar-refractivity contribution is 0.0976. The monoisotopic (exact) mass is 495 g/mol. The Morgan fingerprint density at radius 1 is 0.750 bits per heavy atom. The van der Waals surface area contributed by atoms with Gasteiger partial charge in [-0.15, -0.1) is 0 Å². The molecule has 0 saturated carbocycles. The number of carbonyl (C=O) groups is 2. The molecule has 0 radical (unpaired) electrons. The number of hydrogen-bond donors (Lipinski definition) is 3. The molecule has 0 aromatic heterocycles. The van der Waals surface area contributed by atoms with E-state index in [4.69, 9.17) is 17.0 Å². The van der Waals surface area contributed by atoms with Gasteiger partial charge in [-0.1, -0.05) is 54.6 Å². The Kier molecular flexibility index (Phi) is 8.05. The van der Waals surface area contributed by atoms with E-state index in [0.717, 1.165) is 11.1 Å². The molecule has 0 unspecified atom stereocenters. The number of hydrogen-bond acceptors (Lipinski definition) is 4. The van der Waals surface area contributed by atoms with Crippen LogP contribution in [0.2, 0.25) is 0 Å². The number of benzene rings is 4. The van der Waals surface area contributed by atoms with Crippen LogP contribution < -0.4 is 20.7 Å². The number of rotatable bonds is 7. The fourth-order valence-electron chi connectivity index (χ4n) is 3.48. The maximum atomic E-state index is 12.6. The van der Waals surface area contributed by atoms with Gasteiger partial charge in [0, 0.05) is 22.5 Å². The normalized spacial score (nSPS) is 10.2. The van der Waals surface area contributed by atoms with Crippen molar-refractivity contribution in [2.45, 2.75) is 13.5 Å². The minimum Gasteiger partial charge on any atom is -0.489 e. The van der Waals surface area contributed by atoms with Gasteiger partial charge in [0.1, 0.15) is 12.4 Å². The summed E-state index contributed by atoms with van der Waals surface area (Å²) in [6.45, 7) is 2.34. The van der Waals surface area contributed by atoms with Gasteiger partial charge in [0.25, 0.3) is 11.8 Å². The molecule has 180 valence electrons. The minimum absolute atomic E-state index is 0.145. The van der Waals surface area contributed by atoms with E-state index >= 15 is 0 Å². The molecule has 4 aromatic rings. The van der Waals surface area contributed by atoms with Gasteiger partial charge in [0.15, 0.2) is 5.11 Å². The SMILES string of the molecule is Cc1ccccc1C(=O)Nc1cccc(NC(=S)NC(=O)c2ccc(OCc3ccccc3)cc2)c1. The van der Waals surface area contributed by atoms with E-state index in [0.29, 0.717) is 34.9 Å². The summed E-state index contributed by atoms with van der Waals surface area (Å²) in [4.78, 5) is 25.2. The first kappa shape index (κ1) is 24.6. The van der Waals surface area contributed by atoms with E-state index in [9.17, 15) is 9.59 Å². The van der Waals surface area contributed by atoms with Crippen LogP contribution in [0.3, 0.4) is 0 Å². The van der Waals surface area contributed by atoms with Gasteiger partial charge in [-0.25, -0.2) is 0 Å². The maximum absolute atomic E-state index is 12.6. The lowest BCUT2D eigenvalue weighted by Crippen LogP contribution is -2.34. The maximum Gasteiger partial charge on any atom is 0.257 e. The van der Waals surface area contributed by atoms with Crippen molar-refractivity contribution in [3.8, 4) is 5.75 Å². The Hall–Kier alpha value is -4.49. The van der Waals surface area contributed by atoms with Crippen molar-refractivity contribution >= 4 is 40.5 Å². The first-order chi connectivity index (χ1) is 17.5. The van der Waals surface area contributed by atoms with Gasteiger partial charge in [-0.3, -0.25) is 14.9 Å². The topological polar surface area (TPSA) is 79.5 Å². The van der Waals surface area contributed by atoms with E-state index < -0.39 is 0 Å². The molecule has 0 saturated heterocycles. The minimum atomic E-state index is -0.342. The number of ether oxygens (including phenoxy) is 1. The highest BCUT2D eigenvalue weighted by Gasteiger charge is 2.11. The summed E-state index contributed by atoms with van der Waals surface area (Å²) < 4.78 is 5.76. The molecule has 0 aliphatic heterocycles. The van der Waals surface area contributed by atoms with Crippen molar-refractivity contribution in [3.63, 3.8) is 0 Å². The molecule has 36 heavy (non-hydrogen) atoms. The van der Waals surface area contributed by atoms with Gasteiger partial charge in [-0.2, -0.15) is 0 Å². The Labute approximate surface area is 215 Å². The lowest BCUT2D eigenvalue weighted by atomic mass is 10.1. The third-order valence-corrected chi connectivity index (χ3v) is 5.56. The molecule has 4 rings (SSSR count). The largest absolute Gasteiger partial charge is 0.489 e. The van der Waals surface area contributed by atoms with Crippen molar-refractivity contribution in [2.75, 3.05) is 10.6 Å². The molecular formula is C29H25N3O3S. The second-order valence-electron chi connectivity index (χ2n) is 8.06. The zero-order valence-electron chi connectivity index (χ0n) is 19.7. The van der Waals surface area contributed by atoms with Crippen molar-refractivity contribution < 1.29 is 14.3 Å². The van der Waals surface area contributed by atoms with Crippen molar-refractivity contribution in [1.29, 1.82) is 0 Å². The molecule has 0 bridgehead atoms. The molecule has 0 fully saturated rings. The average Bonchev–Trinajstić information content (AvgIpc) is 2.88. The van der Waals surface area contributed by atoms with E-state index in [1.54, 1.807) is 54.6 Å². The van der Waals surface area contributed by atoms with Gasteiger partial charge in [0.2, 0.25) is 0 Å². The second-order valence-corrected chi connectivity index (χ2v) is 8.46. The molecule has 7 heteroatoms. The molecule has 2 amide bonds. The number of amides is 2. The van der Waals surface area contributed by atoms with Crippen molar-refractivity contribution in [3.05, 3.63) is 125 Å². The smallest absolute Gasteiger partial charge is 0.257 e. The zero-order chi connectivity index (χ0) is 25.3. The summed E-state index contributed by atoms with van der Waals surface area (Å²) in [5.41, 5.74) is 4.25. The summed E-state index contributed by atoms with van der Waals surface area (Å²) in [6.07, 6.45) is 0. The van der Waals surface area contributed by atoms with Gasteiger partial charge in [0.05, 0.1) is 0 Å². The summed E-state index contributed by atoms with van der Waals surface area (Å²) in [5, 5.41) is 8.68. The first-order valence-electron chi connectivity index (χ1n) is 11.3. The highest BCUT2D eigenvalue weighted by atomic mass is 32.1. The highest BCUT2D eigenvalue weighted by molar-refractivity contribution is 7.80. The van der Waals surface area contributed by atoms with Crippen molar-refractivity contribution in [2.24, 2.45) is 0 Å². The predicted molar refractivity (Wildman–Crippen MR) is 146 cm³/mol. The van der Waals surface area contributed by atoms with E-state index in [-0.39, 0.29) is 16.9 Å². The van der Waals surface area contributed by atoms with Crippen LogP contribution in [0.5, 0.6) is 5.75 Å². The number of carbonyl (C=O) groups excluding carboxylic acids is 2. The van der Waals surface area contributed by atoms with Crippen LogP contribution in [0.4, 0.5) is 11.4 Å². The Morgan fingerprint density at radius 2 is 1.42 bits per heavy atom. The number of nitrogens with one attached hydrogen (secondary N) is 3. The van der Waals surface area contributed by atoms with Crippen LogP contribution in [0.1, 0.15) is 31.8 Å². The molecule has 0 aliphatic carbocycles. The van der Waals surface area contributed by atoms with E-state index in [1.165, 1.54) is 0 Å². The van der Waals surface area contributed by atoms with E-state index in [1.807, 2.05) is 55.5 Å². The molecule has 3 N–H and O–H groups in total. The van der Waals surface area contributed by atoms with Crippen LogP contribution in [0.25, 0.3) is 0 Å². The Balaban J connectivity index is 1.30. The number of aryl methyl sites for hydroxylation is 1. The second kappa shape index (κ2) is 11.8. The average molecular weight is 496 g/mol. The first-order valence-corrected chi connectivity index (χ1v) is 11.7. The summed E-state index contributed by atoms with van der Waals surface area (Å²) >= 11 is 5.30. The van der Waals surface area contributed by atoms with Gasteiger partial charge < -0.3 is 15.4 Å². The lowest BCUT2D eigenvalue weighted by Gasteiger charge is -2.12. The molecule has 4 aromatic carbocycles. The van der Waals surface area contributed by atoms with Crippen LogP contribution in [-0.4, -0.2) is 16.9 Å². The van der Waals surface area contributed by atoms with Crippen LogP contribution >= 0.6 is 12.2 Å². The Morgan fingerprint density at radius 3 is 2.14 bits per heavy atom. The zero-order valence-corrected chi connectivity index (χ0v) is 20.5. The van der Waals surface area contributed by atoms with Crippen LogP contribution in [0.15, 0.2) is 103 Å². The molecular weight excluding hydrogens is 470 g/mol. The quantitative estimate of drug-likeness (QED) is 0.276. The van der Waals surface area contributed by atoms with Crippen molar-refractivity contribution in [1.82, 2.24) is 5.32 Å². The molecule has 6 nitrogen and oxygen atoms in total. The number of anilines is 2. The molecule has 0 aliphatic rings. The third kappa shape index (κ3) is 6.77. The number of thiocarbonyl (C=S) groups is 1.